The van der Waals surface area contributed by atoms with Crippen LogP contribution in [-0.4, -0.2) is 12.8 Å². The zero-order chi connectivity index (χ0) is 13.3. The Morgan fingerprint density at radius 2 is 1.83 bits per heavy atom. The van der Waals surface area contributed by atoms with Gasteiger partial charge in [-0.15, -0.1) is 0 Å². The molecular weight excluding hydrogens is 242 g/mol. The summed E-state index contributed by atoms with van der Waals surface area (Å²) in [5.74, 6) is 1.11. The van der Waals surface area contributed by atoms with E-state index in [0.717, 1.165) is 23.6 Å². The number of nitrogens with zero attached hydrogens (tertiary/aromatic N) is 1. The quantitative estimate of drug-likeness (QED) is 0.769. The molecule has 2 nitrogen and oxygen atoms in total. The number of hydrogen-bond acceptors (Lipinski definition) is 2. The number of oxazole rings is 1. The summed E-state index contributed by atoms with van der Waals surface area (Å²) in [7, 11) is 1.93. The van der Waals surface area contributed by atoms with Gasteiger partial charge >= 0.3 is 6.18 Å². The number of benzene rings is 1. The zero-order valence-electron chi connectivity index (χ0n) is 10.0. The van der Waals surface area contributed by atoms with E-state index >= 15 is 0 Å². The molecule has 0 saturated carbocycles. The molecule has 0 radical (unpaired) electrons. The van der Waals surface area contributed by atoms with Crippen molar-refractivity contribution in [3.05, 3.63) is 41.3 Å². The fourth-order valence-corrected chi connectivity index (χ4v) is 1.68. The molecule has 0 N–H and O–H groups in total. The minimum atomic E-state index is -4.32. The summed E-state index contributed by atoms with van der Waals surface area (Å²) in [6.45, 7) is 1.82. The fraction of sp³-hybridized carbons (Fsp3) is 0.250. The lowest BCUT2D eigenvalue weighted by Crippen LogP contribution is -2.03. The van der Waals surface area contributed by atoms with Crippen LogP contribution in [0.15, 0.2) is 28.7 Å². The fourth-order valence-electron chi connectivity index (χ4n) is 1.68. The van der Waals surface area contributed by atoms with E-state index in [1.165, 1.54) is 12.1 Å². The highest BCUT2D eigenvalue weighted by atomic mass is 19.4. The van der Waals surface area contributed by atoms with Gasteiger partial charge in [-0.25, -0.2) is 4.98 Å². The lowest BCUT2D eigenvalue weighted by molar-refractivity contribution is -0.137. The number of rotatable bonds is 2. The van der Waals surface area contributed by atoms with Crippen LogP contribution < -0.4 is 0 Å². The molecule has 2 rings (SSSR count). The second-order valence-electron chi connectivity index (χ2n) is 3.96. The van der Waals surface area contributed by atoms with E-state index in [2.05, 4.69) is 4.98 Å². The molecule has 94 valence electrons. The van der Waals surface area contributed by atoms with Crippen LogP contribution in [0.2, 0.25) is 0 Å². The number of halogens is 3. The molecule has 1 heterocycles. The van der Waals surface area contributed by atoms with Crippen molar-refractivity contribution in [1.82, 2.24) is 4.98 Å². The molecule has 0 aliphatic heterocycles. The summed E-state index contributed by atoms with van der Waals surface area (Å²) < 4.78 is 42.7. The van der Waals surface area contributed by atoms with Gasteiger partial charge in [0.05, 0.1) is 11.3 Å². The molecule has 18 heavy (non-hydrogen) atoms. The molecule has 0 saturated heterocycles. The summed E-state index contributed by atoms with van der Waals surface area (Å²) in [5.41, 5.74) is 0.642. The third-order valence-corrected chi connectivity index (χ3v) is 2.67. The van der Waals surface area contributed by atoms with E-state index in [1.54, 1.807) is 0 Å². The molecule has 1 aromatic carbocycles. The van der Waals surface area contributed by atoms with Crippen LogP contribution in [0.25, 0.3) is 11.5 Å². The maximum Gasteiger partial charge on any atom is 0.416 e. The van der Waals surface area contributed by atoms with Crippen molar-refractivity contribution < 1.29 is 17.6 Å². The standard InChI is InChI=1S/C12H11BF3NO/c1-7-10(6-13)18-11(17-7)8-2-4-9(5-3-8)12(14,15)16/h2-5H,6,13H2,1H3. The summed E-state index contributed by atoms with van der Waals surface area (Å²) in [4.78, 5) is 4.20. The Kier molecular flexibility index (Phi) is 3.19. The van der Waals surface area contributed by atoms with Gasteiger partial charge in [-0.05, 0) is 37.5 Å². The normalized spacial score (nSPS) is 11.8. The third-order valence-electron chi connectivity index (χ3n) is 2.67. The van der Waals surface area contributed by atoms with Crippen LogP contribution in [0.5, 0.6) is 0 Å². The van der Waals surface area contributed by atoms with Crippen molar-refractivity contribution in [2.45, 2.75) is 19.4 Å². The van der Waals surface area contributed by atoms with E-state index in [4.69, 9.17) is 4.42 Å². The minimum absolute atomic E-state index is 0.359. The molecule has 0 atom stereocenters. The lowest BCUT2D eigenvalue weighted by Gasteiger charge is -2.06. The third kappa shape index (κ3) is 2.42. The Bertz CT molecular complexity index is 545. The van der Waals surface area contributed by atoms with Gasteiger partial charge in [-0.1, -0.05) is 0 Å². The molecule has 0 fully saturated rings. The molecule has 0 amide bonds. The van der Waals surface area contributed by atoms with Crippen molar-refractivity contribution in [3.63, 3.8) is 0 Å². The topological polar surface area (TPSA) is 26.0 Å². The monoisotopic (exact) mass is 253 g/mol. The molecule has 0 bridgehead atoms. The van der Waals surface area contributed by atoms with Crippen LogP contribution in [-0.2, 0) is 12.5 Å². The van der Waals surface area contributed by atoms with Crippen LogP contribution in [0.4, 0.5) is 13.2 Å². The highest BCUT2D eigenvalue weighted by Gasteiger charge is 2.30. The van der Waals surface area contributed by atoms with Crippen molar-refractivity contribution in [1.29, 1.82) is 0 Å². The van der Waals surface area contributed by atoms with Gasteiger partial charge in [0.25, 0.3) is 0 Å². The van der Waals surface area contributed by atoms with Crippen LogP contribution in [0, 0.1) is 6.92 Å². The van der Waals surface area contributed by atoms with E-state index in [1.807, 2.05) is 14.8 Å². The highest BCUT2D eigenvalue weighted by Crippen LogP contribution is 2.31. The molecule has 6 heteroatoms. The average molecular weight is 253 g/mol. The SMILES string of the molecule is BCc1oc(-c2ccc(C(F)(F)F)cc2)nc1C. The van der Waals surface area contributed by atoms with Crippen LogP contribution >= 0.6 is 0 Å². The first-order valence-electron chi connectivity index (χ1n) is 5.55. The number of aromatic nitrogens is 1. The van der Waals surface area contributed by atoms with Crippen molar-refractivity contribution in [2.24, 2.45) is 0 Å². The van der Waals surface area contributed by atoms with Crippen molar-refractivity contribution in [3.8, 4) is 11.5 Å². The van der Waals surface area contributed by atoms with Gasteiger partial charge < -0.3 is 4.42 Å². The number of alkyl halides is 3. The Morgan fingerprint density at radius 1 is 1.22 bits per heavy atom. The molecular formula is C12H11BF3NO. The predicted molar refractivity (Wildman–Crippen MR) is 63.9 cm³/mol. The molecule has 1 aromatic heterocycles. The van der Waals surface area contributed by atoms with Crippen molar-refractivity contribution >= 4 is 7.85 Å². The summed E-state index contributed by atoms with van der Waals surface area (Å²) in [6, 6.07) is 4.79. The van der Waals surface area contributed by atoms with E-state index in [9.17, 15) is 13.2 Å². The molecule has 0 aliphatic rings. The van der Waals surface area contributed by atoms with Crippen molar-refractivity contribution in [2.75, 3.05) is 0 Å². The average Bonchev–Trinajstić information content (AvgIpc) is 2.69. The minimum Gasteiger partial charge on any atom is -0.442 e. The van der Waals surface area contributed by atoms with Crippen LogP contribution in [0.3, 0.4) is 0 Å². The molecule has 2 aromatic rings. The summed E-state index contributed by atoms with van der Waals surface area (Å²) in [5, 5.41) is 0. The Morgan fingerprint density at radius 3 is 2.28 bits per heavy atom. The van der Waals surface area contributed by atoms with E-state index in [0.29, 0.717) is 17.8 Å². The first-order chi connectivity index (χ1) is 8.41. The second-order valence-corrected chi connectivity index (χ2v) is 3.96. The number of hydrogen-bond donors (Lipinski definition) is 0. The Balaban J connectivity index is 2.34. The van der Waals surface area contributed by atoms with Gasteiger partial charge in [-0.3, -0.25) is 0 Å². The largest absolute Gasteiger partial charge is 0.442 e. The molecule has 0 unspecified atom stereocenters. The summed E-state index contributed by atoms with van der Waals surface area (Å²) >= 11 is 0. The Hall–Kier alpha value is -1.72. The summed E-state index contributed by atoms with van der Waals surface area (Å²) in [6.07, 6.45) is -3.61. The maximum absolute atomic E-state index is 12.4. The Labute approximate surface area is 103 Å². The van der Waals surface area contributed by atoms with Gasteiger partial charge in [0.2, 0.25) is 5.89 Å². The van der Waals surface area contributed by atoms with Gasteiger partial charge in [0, 0.05) is 5.56 Å². The van der Waals surface area contributed by atoms with Gasteiger partial charge in [0.1, 0.15) is 13.6 Å². The first-order valence-corrected chi connectivity index (χ1v) is 5.55. The van der Waals surface area contributed by atoms with E-state index in [-0.39, 0.29) is 0 Å². The predicted octanol–water partition coefficient (Wildman–Crippen LogP) is 2.80. The van der Waals surface area contributed by atoms with E-state index < -0.39 is 11.7 Å². The molecule has 0 spiro atoms. The molecule has 0 aliphatic carbocycles. The smallest absolute Gasteiger partial charge is 0.416 e. The second kappa shape index (κ2) is 4.51. The lowest BCUT2D eigenvalue weighted by atomic mass is 10.0. The highest BCUT2D eigenvalue weighted by molar-refractivity contribution is 6.08. The first kappa shape index (κ1) is 12.7. The maximum atomic E-state index is 12.4. The van der Waals surface area contributed by atoms with Gasteiger partial charge in [0.15, 0.2) is 0 Å². The van der Waals surface area contributed by atoms with Gasteiger partial charge in [-0.2, -0.15) is 13.2 Å². The van der Waals surface area contributed by atoms with Crippen LogP contribution in [0.1, 0.15) is 17.0 Å². The zero-order valence-corrected chi connectivity index (χ0v) is 10.0. The number of aryl methyl sites for hydroxylation is 1.